The summed E-state index contributed by atoms with van der Waals surface area (Å²) in [6.45, 7) is 4.25. The maximum atomic E-state index is 12.9. The molecular weight excluding hydrogens is 347 g/mol. The fourth-order valence-corrected chi connectivity index (χ4v) is 2.59. The maximum Gasteiger partial charge on any atom is 0.417 e. The first-order valence-corrected chi connectivity index (χ1v) is 7.09. The summed E-state index contributed by atoms with van der Waals surface area (Å²) < 4.78 is 40.4. The number of hydrogen-bond acceptors (Lipinski definition) is 2. The molecule has 0 amide bonds. The lowest BCUT2D eigenvalue weighted by Crippen LogP contribution is -2.08. The summed E-state index contributed by atoms with van der Waals surface area (Å²) in [7, 11) is 1.84. The highest BCUT2D eigenvalue weighted by Gasteiger charge is 2.33. The van der Waals surface area contributed by atoms with Gasteiger partial charge in [0.05, 0.1) is 11.3 Å². The summed E-state index contributed by atoms with van der Waals surface area (Å²) in [6, 6.07) is 4.11. The molecule has 7 heteroatoms. The van der Waals surface area contributed by atoms with E-state index in [0.717, 1.165) is 23.0 Å². The van der Waals surface area contributed by atoms with Gasteiger partial charge in [0.1, 0.15) is 0 Å². The van der Waals surface area contributed by atoms with Crippen molar-refractivity contribution in [3.8, 4) is 0 Å². The molecule has 0 fully saturated rings. The van der Waals surface area contributed by atoms with Gasteiger partial charge in [0.15, 0.2) is 0 Å². The van der Waals surface area contributed by atoms with E-state index >= 15 is 0 Å². The molecule has 0 bridgehead atoms. The van der Waals surface area contributed by atoms with Crippen molar-refractivity contribution in [3.63, 3.8) is 0 Å². The molecule has 1 heterocycles. The first-order valence-electron chi connectivity index (χ1n) is 6.30. The van der Waals surface area contributed by atoms with Crippen LogP contribution in [-0.2, 0) is 19.8 Å². The fourth-order valence-electron chi connectivity index (χ4n) is 2.12. The Balaban J connectivity index is 2.21. The lowest BCUT2D eigenvalue weighted by Gasteiger charge is -2.12. The summed E-state index contributed by atoms with van der Waals surface area (Å²) in [5.74, 6) is 0. The number of aryl methyl sites for hydroxylation is 2. The third-order valence-electron chi connectivity index (χ3n) is 3.40. The molecule has 2 aromatic rings. The van der Waals surface area contributed by atoms with Crippen molar-refractivity contribution in [2.75, 3.05) is 5.32 Å². The predicted octanol–water partition coefficient (Wildman–Crippen LogP) is 4.43. The number of halogens is 4. The zero-order valence-electron chi connectivity index (χ0n) is 11.8. The monoisotopic (exact) mass is 361 g/mol. The van der Waals surface area contributed by atoms with Crippen molar-refractivity contribution < 1.29 is 13.2 Å². The van der Waals surface area contributed by atoms with Gasteiger partial charge in [-0.1, -0.05) is 15.9 Å². The molecule has 1 N–H and O–H groups in total. The average Bonchev–Trinajstić information content (AvgIpc) is 2.61. The van der Waals surface area contributed by atoms with E-state index in [1.807, 2.05) is 20.9 Å². The summed E-state index contributed by atoms with van der Waals surface area (Å²) in [4.78, 5) is 0. The van der Waals surface area contributed by atoms with Crippen LogP contribution >= 0.6 is 15.9 Å². The molecule has 1 aromatic carbocycles. The van der Waals surface area contributed by atoms with Crippen LogP contribution in [0.5, 0.6) is 0 Å². The Labute approximate surface area is 129 Å². The lowest BCUT2D eigenvalue weighted by atomic mass is 10.1. The molecule has 0 unspecified atom stereocenters. The second-order valence-corrected chi connectivity index (χ2v) is 5.67. The molecule has 0 aliphatic rings. The summed E-state index contributed by atoms with van der Waals surface area (Å²) in [5.41, 5.74) is 2.60. The minimum Gasteiger partial charge on any atom is -0.381 e. The van der Waals surface area contributed by atoms with Crippen LogP contribution in [0.3, 0.4) is 0 Å². The van der Waals surface area contributed by atoms with Gasteiger partial charge in [-0.3, -0.25) is 4.68 Å². The molecule has 0 saturated heterocycles. The molecule has 1 aromatic heterocycles. The highest BCUT2D eigenvalue weighted by Crippen LogP contribution is 2.36. The molecule has 0 radical (unpaired) electrons. The van der Waals surface area contributed by atoms with E-state index < -0.39 is 11.7 Å². The lowest BCUT2D eigenvalue weighted by molar-refractivity contribution is -0.138. The highest BCUT2D eigenvalue weighted by atomic mass is 79.9. The first kappa shape index (κ1) is 15.9. The van der Waals surface area contributed by atoms with E-state index in [4.69, 9.17) is 0 Å². The molecule has 0 aliphatic carbocycles. The molecule has 0 aliphatic heterocycles. The molecule has 0 spiro atoms. The highest BCUT2D eigenvalue weighted by molar-refractivity contribution is 9.10. The normalized spacial score (nSPS) is 11.8. The van der Waals surface area contributed by atoms with Crippen LogP contribution < -0.4 is 5.32 Å². The topological polar surface area (TPSA) is 29.9 Å². The second kappa shape index (κ2) is 5.71. The Morgan fingerprint density at radius 3 is 2.48 bits per heavy atom. The number of benzene rings is 1. The Morgan fingerprint density at radius 2 is 1.95 bits per heavy atom. The van der Waals surface area contributed by atoms with Crippen LogP contribution in [0.4, 0.5) is 18.9 Å². The van der Waals surface area contributed by atoms with Crippen LogP contribution in [0.15, 0.2) is 22.7 Å². The van der Waals surface area contributed by atoms with E-state index in [1.165, 1.54) is 6.07 Å². The number of aromatic nitrogens is 2. The van der Waals surface area contributed by atoms with Crippen molar-refractivity contribution in [3.05, 3.63) is 45.2 Å². The quantitative estimate of drug-likeness (QED) is 0.876. The summed E-state index contributed by atoms with van der Waals surface area (Å²) in [6.07, 6.45) is -4.38. The van der Waals surface area contributed by atoms with Crippen molar-refractivity contribution in [1.29, 1.82) is 0 Å². The fraction of sp³-hybridized carbons (Fsp3) is 0.357. The van der Waals surface area contributed by atoms with Gasteiger partial charge in [-0.25, -0.2) is 0 Å². The Morgan fingerprint density at radius 1 is 1.29 bits per heavy atom. The van der Waals surface area contributed by atoms with Crippen LogP contribution in [0, 0.1) is 13.8 Å². The van der Waals surface area contributed by atoms with Gasteiger partial charge in [0.25, 0.3) is 0 Å². The minimum atomic E-state index is -4.38. The zero-order chi connectivity index (χ0) is 15.8. The molecule has 2 rings (SSSR count). The van der Waals surface area contributed by atoms with Gasteiger partial charge in [-0.2, -0.15) is 18.3 Å². The van der Waals surface area contributed by atoms with E-state index in [-0.39, 0.29) is 4.47 Å². The van der Waals surface area contributed by atoms with Crippen molar-refractivity contribution in [1.82, 2.24) is 9.78 Å². The largest absolute Gasteiger partial charge is 0.417 e. The molecular formula is C14H15BrF3N3. The van der Waals surface area contributed by atoms with Crippen LogP contribution in [-0.4, -0.2) is 9.78 Å². The van der Waals surface area contributed by atoms with E-state index in [2.05, 4.69) is 26.3 Å². The Kier molecular flexibility index (Phi) is 4.32. The minimum absolute atomic E-state index is 0.0364. The summed E-state index contributed by atoms with van der Waals surface area (Å²) in [5, 5.41) is 7.30. The van der Waals surface area contributed by atoms with Gasteiger partial charge in [0.2, 0.25) is 0 Å². The Hall–Kier alpha value is -1.50. The molecule has 3 nitrogen and oxygen atoms in total. The van der Waals surface area contributed by atoms with Crippen molar-refractivity contribution >= 4 is 21.6 Å². The van der Waals surface area contributed by atoms with Gasteiger partial charge >= 0.3 is 6.18 Å². The number of nitrogens with zero attached hydrogens (tertiary/aromatic N) is 2. The number of nitrogens with one attached hydrogen (secondary N) is 1. The van der Waals surface area contributed by atoms with E-state index in [0.29, 0.717) is 12.2 Å². The molecule has 0 atom stereocenters. The first-order chi connectivity index (χ1) is 9.70. The van der Waals surface area contributed by atoms with Crippen LogP contribution in [0.2, 0.25) is 0 Å². The maximum absolute atomic E-state index is 12.9. The number of hydrogen-bond donors (Lipinski definition) is 1. The van der Waals surface area contributed by atoms with Gasteiger partial charge in [0, 0.05) is 35.0 Å². The average molecular weight is 362 g/mol. The zero-order valence-corrected chi connectivity index (χ0v) is 13.4. The van der Waals surface area contributed by atoms with Gasteiger partial charge in [-0.15, -0.1) is 0 Å². The molecule has 114 valence electrons. The SMILES string of the molecule is Cc1nn(C)c(C)c1CNc1ccc(Br)c(C(F)(F)F)c1. The molecule has 0 saturated carbocycles. The number of alkyl halides is 3. The predicted molar refractivity (Wildman–Crippen MR) is 79.2 cm³/mol. The van der Waals surface area contributed by atoms with Crippen LogP contribution in [0.25, 0.3) is 0 Å². The number of rotatable bonds is 3. The second-order valence-electron chi connectivity index (χ2n) is 4.82. The smallest absolute Gasteiger partial charge is 0.381 e. The van der Waals surface area contributed by atoms with Gasteiger partial charge in [-0.05, 0) is 32.0 Å². The third kappa shape index (κ3) is 3.40. The number of anilines is 1. The summed E-state index contributed by atoms with van der Waals surface area (Å²) >= 11 is 2.93. The third-order valence-corrected chi connectivity index (χ3v) is 4.09. The van der Waals surface area contributed by atoms with Gasteiger partial charge < -0.3 is 5.32 Å². The standard InChI is InChI=1S/C14H15BrF3N3/c1-8-11(9(2)21(3)20-8)7-19-10-4-5-13(15)12(6-10)14(16,17)18/h4-6,19H,7H2,1-3H3. The van der Waals surface area contributed by atoms with E-state index in [9.17, 15) is 13.2 Å². The van der Waals surface area contributed by atoms with Crippen molar-refractivity contribution in [2.24, 2.45) is 7.05 Å². The van der Waals surface area contributed by atoms with E-state index in [1.54, 1.807) is 10.7 Å². The molecule has 21 heavy (non-hydrogen) atoms. The van der Waals surface area contributed by atoms with Crippen molar-refractivity contribution in [2.45, 2.75) is 26.6 Å². The Bertz CT molecular complexity index is 662. The van der Waals surface area contributed by atoms with Crippen LogP contribution in [0.1, 0.15) is 22.5 Å².